The molecule has 0 radical (unpaired) electrons. The number of aromatic amines is 1. The number of carbonyl (C=O) groups is 1. The van der Waals surface area contributed by atoms with E-state index in [0.29, 0.717) is 41.2 Å². The van der Waals surface area contributed by atoms with E-state index in [4.69, 9.17) is 16.3 Å². The lowest BCUT2D eigenvalue weighted by Crippen LogP contribution is -2.25. The van der Waals surface area contributed by atoms with Crippen molar-refractivity contribution in [3.63, 3.8) is 0 Å². The standard InChI is InChI=1S/C17H21ClN4O2.ClH/c1-10(2)9-24-15-4-3-11(7-13(15)18)20-17(23)16-12-8-19-6-5-14(12)21-22-16;/h3-4,7,10,19H,5-6,8-9H2,1-2H3,(H,20,23)(H,21,22);1H. The van der Waals surface area contributed by atoms with Crippen molar-refractivity contribution in [2.75, 3.05) is 18.5 Å². The highest BCUT2D eigenvalue weighted by atomic mass is 35.5. The Kier molecular flexibility index (Phi) is 6.70. The minimum Gasteiger partial charge on any atom is -0.492 e. The predicted molar refractivity (Wildman–Crippen MR) is 101 cm³/mol. The summed E-state index contributed by atoms with van der Waals surface area (Å²) in [5.74, 6) is 0.785. The number of nitrogens with zero attached hydrogens (tertiary/aromatic N) is 1. The van der Waals surface area contributed by atoms with E-state index in [2.05, 4.69) is 34.7 Å². The molecule has 1 aromatic carbocycles. The monoisotopic (exact) mass is 384 g/mol. The van der Waals surface area contributed by atoms with Crippen molar-refractivity contribution >= 4 is 35.6 Å². The van der Waals surface area contributed by atoms with E-state index < -0.39 is 0 Å². The molecule has 1 aliphatic rings. The van der Waals surface area contributed by atoms with Crippen molar-refractivity contribution in [3.8, 4) is 5.75 Å². The number of benzene rings is 1. The number of H-pyrrole nitrogens is 1. The van der Waals surface area contributed by atoms with Crippen LogP contribution in [-0.2, 0) is 13.0 Å². The van der Waals surface area contributed by atoms with Gasteiger partial charge in [0.15, 0.2) is 5.69 Å². The molecule has 0 saturated carbocycles. The Hall–Kier alpha value is -1.76. The van der Waals surface area contributed by atoms with Gasteiger partial charge in [0.25, 0.3) is 5.91 Å². The Balaban J connectivity index is 0.00000225. The number of halogens is 2. The molecule has 0 saturated heterocycles. The fraction of sp³-hybridized carbons (Fsp3) is 0.412. The molecule has 2 heterocycles. The summed E-state index contributed by atoms with van der Waals surface area (Å²) in [5.41, 5.74) is 2.99. The van der Waals surface area contributed by atoms with Gasteiger partial charge in [0, 0.05) is 36.5 Å². The number of hydrogen-bond donors (Lipinski definition) is 3. The van der Waals surface area contributed by atoms with Gasteiger partial charge in [0.1, 0.15) is 5.75 Å². The smallest absolute Gasteiger partial charge is 0.276 e. The molecule has 0 atom stereocenters. The average molecular weight is 385 g/mol. The second-order valence-electron chi connectivity index (χ2n) is 6.26. The summed E-state index contributed by atoms with van der Waals surface area (Å²) in [6.45, 7) is 6.28. The Morgan fingerprint density at radius 2 is 2.24 bits per heavy atom. The lowest BCUT2D eigenvalue weighted by molar-refractivity contribution is 0.102. The molecule has 0 spiro atoms. The number of nitrogens with one attached hydrogen (secondary N) is 3. The zero-order chi connectivity index (χ0) is 17.1. The number of fused-ring (bicyclic) bond motifs is 1. The van der Waals surface area contributed by atoms with Gasteiger partial charge in [-0.2, -0.15) is 5.10 Å². The highest BCUT2D eigenvalue weighted by molar-refractivity contribution is 6.32. The van der Waals surface area contributed by atoms with Crippen LogP contribution in [0.5, 0.6) is 5.75 Å². The van der Waals surface area contributed by atoms with Crippen LogP contribution in [0.4, 0.5) is 5.69 Å². The van der Waals surface area contributed by atoms with Crippen LogP contribution < -0.4 is 15.4 Å². The van der Waals surface area contributed by atoms with Gasteiger partial charge in [-0.05, 0) is 24.1 Å². The van der Waals surface area contributed by atoms with Crippen molar-refractivity contribution in [2.24, 2.45) is 5.92 Å². The molecule has 1 amide bonds. The molecular formula is C17H22Cl2N4O2. The van der Waals surface area contributed by atoms with Gasteiger partial charge in [-0.3, -0.25) is 9.89 Å². The second-order valence-corrected chi connectivity index (χ2v) is 6.67. The van der Waals surface area contributed by atoms with Gasteiger partial charge < -0.3 is 15.4 Å². The zero-order valence-electron chi connectivity index (χ0n) is 14.2. The zero-order valence-corrected chi connectivity index (χ0v) is 15.8. The third-order valence-electron chi connectivity index (χ3n) is 3.78. The van der Waals surface area contributed by atoms with Crippen molar-refractivity contribution in [2.45, 2.75) is 26.8 Å². The molecule has 0 unspecified atom stereocenters. The summed E-state index contributed by atoms with van der Waals surface area (Å²) in [5, 5.41) is 13.6. The maximum Gasteiger partial charge on any atom is 0.276 e. The van der Waals surface area contributed by atoms with E-state index in [-0.39, 0.29) is 18.3 Å². The normalized spacial score (nSPS) is 13.1. The highest BCUT2D eigenvalue weighted by Crippen LogP contribution is 2.28. The minimum absolute atomic E-state index is 0. The quantitative estimate of drug-likeness (QED) is 0.737. The van der Waals surface area contributed by atoms with Gasteiger partial charge >= 0.3 is 0 Å². The fourth-order valence-electron chi connectivity index (χ4n) is 2.56. The van der Waals surface area contributed by atoms with E-state index in [1.54, 1.807) is 18.2 Å². The van der Waals surface area contributed by atoms with E-state index in [1.807, 2.05) is 0 Å². The first kappa shape index (κ1) is 19.6. The van der Waals surface area contributed by atoms with Crippen LogP contribution >= 0.6 is 24.0 Å². The van der Waals surface area contributed by atoms with Gasteiger partial charge in [0.2, 0.25) is 0 Å². The molecule has 6 nitrogen and oxygen atoms in total. The molecule has 3 rings (SSSR count). The van der Waals surface area contributed by atoms with Gasteiger partial charge in [-0.25, -0.2) is 0 Å². The predicted octanol–water partition coefficient (Wildman–Crippen LogP) is 3.42. The first-order chi connectivity index (χ1) is 11.5. The van der Waals surface area contributed by atoms with E-state index in [9.17, 15) is 4.79 Å². The van der Waals surface area contributed by atoms with Crippen LogP contribution in [0.3, 0.4) is 0 Å². The second kappa shape index (κ2) is 8.56. The van der Waals surface area contributed by atoms with Gasteiger partial charge in [-0.1, -0.05) is 25.4 Å². The third-order valence-corrected chi connectivity index (χ3v) is 4.08. The van der Waals surface area contributed by atoms with Crippen molar-refractivity contribution in [1.82, 2.24) is 15.5 Å². The molecule has 0 aliphatic carbocycles. The highest BCUT2D eigenvalue weighted by Gasteiger charge is 2.21. The Morgan fingerprint density at radius 1 is 1.44 bits per heavy atom. The number of anilines is 1. The summed E-state index contributed by atoms with van der Waals surface area (Å²) in [6, 6.07) is 5.23. The van der Waals surface area contributed by atoms with Crippen molar-refractivity contribution < 1.29 is 9.53 Å². The number of amides is 1. The molecule has 8 heteroatoms. The van der Waals surface area contributed by atoms with E-state index in [1.165, 1.54) is 0 Å². The molecule has 136 valence electrons. The minimum atomic E-state index is -0.247. The largest absolute Gasteiger partial charge is 0.492 e. The number of aromatic nitrogens is 2. The fourth-order valence-corrected chi connectivity index (χ4v) is 2.79. The van der Waals surface area contributed by atoms with Gasteiger partial charge in [-0.15, -0.1) is 12.4 Å². The SMILES string of the molecule is CC(C)COc1ccc(NC(=O)c2n[nH]c3c2CNCC3)cc1Cl.Cl. The van der Waals surface area contributed by atoms with Crippen LogP contribution in [-0.4, -0.2) is 29.3 Å². The van der Waals surface area contributed by atoms with Crippen LogP contribution in [0.1, 0.15) is 35.6 Å². The maximum atomic E-state index is 12.5. The average Bonchev–Trinajstić information content (AvgIpc) is 2.98. The van der Waals surface area contributed by atoms with Crippen LogP contribution in [0, 0.1) is 5.92 Å². The number of rotatable bonds is 5. The maximum absolute atomic E-state index is 12.5. The third kappa shape index (κ3) is 4.66. The molecule has 1 aromatic heterocycles. The van der Waals surface area contributed by atoms with Crippen molar-refractivity contribution in [3.05, 3.63) is 40.2 Å². The topological polar surface area (TPSA) is 79.0 Å². The number of hydrogen-bond acceptors (Lipinski definition) is 4. The summed E-state index contributed by atoms with van der Waals surface area (Å²) in [6.07, 6.45) is 0.851. The summed E-state index contributed by atoms with van der Waals surface area (Å²) in [4.78, 5) is 12.5. The number of ether oxygens (including phenoxy) is 1. The van der Waals surface area contributed by atoms with Gasteiger partial charge in [0.05, 0.1) is 11.6 Å². The molecule has 3 N–H and O–H groups in total. The van der Waals surface area contributed by atoms with E-state index in [0.717, 1.165) is 24.2 Å². The molecule has 25 heavy (non-hydrogen) atoms. The lowest BCUT2D eigenvalue weighted by atomic mass is 10.1. The Bertz CT molecular complexity index is 746. The summed E-state index contributed by atoms with van der Waals surface area (Å²) in [7, 11) is 0. The molecule has 0 fully saturated rings. The first-order valence-corrected chi connectivity index (χ1v) is 8.43. The number of carbonyl (C=O) groups excluding carboxylic acids is 1. The van der Waals surface area contributed by atoms with Crippen LogP contribution in [0.2, 0.25) is 5.02 Å². The summed E-state index contributed by atoms with van der Waals surface area (Å²) >= 11 is 6.23. The molecule has 1 aliphatic heterocycles. The summed E-state index contributed by atoms with van der Waals surface area (Å²) < 4.78 is 5.63. The van der Waals surface area contributed by atoms with Crippen molar-refractivity contribution in [1.29, 1.82) is 0 Å². The molecule has 0 bridgehead atoms. The van der Waals surface area contributed by atoms with E-state index >= 15 is 0 Å². The molecule has 2 aromatic rings. The molecular weight excluding hydrogens is 363 g/mol. The van der Waals surface area contributed by atoms with Crippen LogP contribution in [0.25, 0.3) is 0 Å². The first-order valence-electron chi connectivity index (χ1n) is 8.05. The van der Waals surface area contributed by atoms with Crippen LogP contribution in [0.15, 0.2) is 18.2 Å². The Labute approximate surface area is 158 Å². The lowest BCUT2D eigenvalue weighted by Gasteiger charge is -2.13. The Morgan fingerprint density at radius 3 is 2.96 bits per heavy atom.